The van der Waals surface area contributed by atoms with E-state index in [2.05, 4.69) is 5.32 Å². The van der Waals surface area contributed by atoms with Gasteiger partial charge in [0.05, 0.1) is 9.95 Å². The third-order valence-electron chi connectivity index (χ3n) is 2.17. The number of anilines is 1. The molecule has 0 saturated carbocycles. The van der Waals surface area contributed by atoms with Gasteiger partial charge < -0.3 is 11.8 Å². The molecule has 0 aliphatic heterocycles. The number of carboxylic acid groups (broad SMARTS) is 1. The fourth-order valence-electron chi connectivity index (χ4n) is 1.34. The Morgan fingerprint density at radius 1 is 1.61 bits per heavy atom. The fourth-order valence-corrected chi connectivity index (χ4v) is 1.63. The Kier molecular flexibility index (Phi) is 7.23. The van der Waals surface area contributed by atoms with Crippen LogP contribution in [0.4, 0.5) is 11.4 Å². The van der Waals surface area contributed by atoms with E-state index < -0.39 is 10.9 Å². The van der Waals surface area contributed by atoms with E-state index in [4.69, 9.17) is 16.7 Å². The Balaban J connectivity index is 0. The second-order valence-electron chi connectivity index (χ2n) is 3.32. The van der Waals surface area contributed by atoms with Crippen molar-refractivity contribution in [3.8, 4) is 0 Å². The Labute approximate surface area is 132 Å². The van der Waals surface area contributed by atoms with Crippen molar-refractivity contribution >= 4 is 28.9 Å². The first-order valence-corrected chi connectivity index (χ1v) is 5.26. The molecule has 0 atom stereocenters. The molecular formula is C10H12ClN2NaO4. The summed E-state index contributed by atoms with van der Waals surface area (Å²) in [6, 6.07) is 2.73. The van der Waals surface area contributed by atoms with Gasteiger partial charge in [0.2, 0.25) is 0 Å². The van der Waals surface area contributed by atoms with Crippen LogP contribution in [0.15, 0.2) is 12.1 Å². The van der Waals surface area contributed by atoms with Crippen molar-refractivity contribution in [3.05, 3.63) is 32.8 Å². The fraction of sp³-hybridized carbons (Fsp3) is 0.300. The van der Waals surface area contributed by atoms with Crippen molar-refractivity contribution in [1.82, 2.24) is 0 Å². The summed E-state index contributed by atoms with van der Waals surface area (Å²) < 4.78 is 0. The predicted octanol–water partition coefficient (Wildman–Crippen LogP) is -0.576. The normalized spacial score (nSPS) is 9.44. The largest absolute Gasteiger partial charge is 1.00 e. The third-order valence-corrected chi connectivity index (χ3v) is 2.52. The van der Waals surface area contributed by atoms with Crippen LogP contribution in [-0.2, 0) is 11.2 Å². The molecule has 0 radical (unpaired) electrons. The first kappa shape index (κ1) is 17.2. The van der Waals surface area contributed by atoms with Crippen LogP contribution in [0.1, 0.15) is 13.9 Å². The molecule has 0 amide bonds. The van der Waals surface area contributed by atoms with Crippen molar-refractivity contribution in [2.24, 2.45) is 0 Å². The molecule has 0 fully saturated rings. The number of carbonyl (C=O) groups is 1. The maximum Gasteiger partial charge on any atom is 1.00 e. The molecule has 18 heavy (non-hydrogen) atoms. The summed E-state index contributed by atoms with van der Waals surface area (Å²) >= 11 is 5.86. The zero-order valence-corrected chi connectivity index (χ0v) is 12.8. The number of nitro benzene ring substituents is 1. The second-order valence-corrected chi connectivity index (χ2v) is 3.73. The second kappa shape index (κ2) is 7.58. The number of nitro groups is 1. The predicted molar refractivity (Wildman–Crippen MR) is 64.7 cm³/mol. The summed E-state index contributed by atoms with van der Waals surface area (Å²) in [5.74, 6) is -1.09. The molecule has 0 aliphatic rings. The standard InChI is InChI=1S/C10H11ClN2O4.Na.H/c1-2-6-3-8(12-5-10(14)15)9(13(16)17)4-7(6)11;;/h3-4,12H,2,5H2,1H3,(H,14,15);;/q;+1;-1. The number of aliphatic carboxylic acids is 1. The molecule has 0 bridgehead atoms. The van der Waals surface area contributed by atoms with Crippen molar-refractivity contribution in [2.75, 3.05) is 11.9 Å². The summed E-state index contributed by atoms with van der Waals surface area (Å²) in [5.41, 5.74) is 0.664. The minimum Gasteiger partial charge on any atom is -1.00 e. The van der Waals surface area contributed by atoms with Crippen LogP contribution in [0.25, 0.3) is 0 Å². The van der Waals surface area contributed by atoms with Gasteiger partial charge in [-0.3, -0.25) is 14.9 Å². The van der Waals surface area contributed by atoms with Gasteiger partial charge in [-0.25, -0.2) is 0 Å². The molecule has 94 valence electrons. The van der Waals surface area contributed by atoms with Gasteiger partial charge in [-0.15, -0.1) is 0 Å². The maximum atomic E-state index is 10.8. The number of halogens is 1. The number of nitrogens with zero attached hydrogens (tertiary/aromatic N) is 1. The molecule has 0 saturated heterocycles. The molecule has 0 spiro atoms. The zero-order chi connectivity index (χ0) is 13.0. The number of rotatable bonds is 5. The van der Waals surface area contributed by atoms with E-state index in [1.54, 1.807) is 0 Å². The maximum absolute atomic E-state index is 10.8. The van der Waals surface area contributed by atoms with E-state index >= 15 is 0 Å². The third kappa shape index (κ3) is 4.45. The van der Waals surface area contributed by atoms with Crippen molar-refractivity contribution in [1.29, 1.82) is 0 Å². The topological polar surface area (TPSA) is 92.5 Å². The van der Waals surface area contributed by atoms with Crippen molar-refractivity contribution < 1.29 is 45.8 Å². The minimum absolute atomic E-state index is 0. The van der Waals surface area contributed by atoms with Crippen LogP contribution in [0.2, 0.25) is 5.02 Å². The molecule has 0 unspecified atom stereocenters. The number of nitrogens with one attached hydrogen (secondary N) is 1. The van der Waals surface area contributed by atoms with Gasteiger partial charge in [0, 0.05) is 6.07 Å². The number of hydrogen-bond donors (Lipinski definition) is 2. The van der Waals surface area contributed by atoms with E-state index in [9.17, 15) is 14.9 Å². The molecule has 0 aromatic heterocycles. The Morgan fingerprint density at radius 3 is 2.67 bits per heavy atom. The molecule has 2 N–H and O–H groups in total. The van der Waals surface area contributed by atoms with Gasteiger partial charge in [0.25, 0.3) is 5.69 Å². The summed E-state index contributed by atoms with van der Waals surface area (Å²) in [5, 5.41) is 22.1. The van der Waals surface area contributed by atoms with Gasteiger partial charge >= 0.3 is 35.5 Å². The Bertz CT molecular complexity index is 473. The van der Waals surface area contributed by atoms with Gasteiger partial charge in [0.1, 0.15) is 12.2 Å². The number of carboxylic acids is 1. The van der Waals surface area contributed by atoms with E-state index in [1.165, 1.54) is 12.1 Å². The smallest absolute Gasteiger partial charge is 1.00 e. The molecule has 6 nitrogen and oxygen atoms in total. The average molecular weight is 283 g/mol. The Hall–Kier alpha value is -0.820. The molecular weight excluding hydrogens is 271 g/mol. The van der Waals surface area contributed by atoms with E-state index in [1.807, 2.05) is 6.92 Å². The summed E-state index contributed by atoms with van der Waals surface area (Å²) in [7, 11) is 0. The average Bonchev–Trinajstić information content (AvgIpc) is 2.26. The monoisotopic (exact) mass is 282 g/mol. The van der Waals surface area contributed by atoms with E-state index in [0.717, 1.165) is 5.56 Å². The van der Waals surface area contributed by atoms with Crippen LogP contribution < -0.4 is 34.9 Å². The molecule has 8 heteroatoms. The molecule has 1 rings (SSSR count). The summed E-state index contributed by atoms with van der Waals surface area (Å²) in [6.45, 7) is 1.47. The van der Waals surface area contributed by atoms with Crippen LogP contribution in [0, 0.1) is 10.1 Å². The minimum atomic E-state index is -1.09. The molecule has 0 heterocycles. The van der Waals surface area contributed by atoms with E-state index in [-0.39, 0.29) is 48.9 Å². The van der Waals surface area contributed by atoms with E-state index in [0.29, 0.717) is 11.4 Å². The van der Waals surface area contributed by atoms with Crippen molar-refractivity contribution in [2.45, 2.75) is 13.3 Å². The van der Waals surface area contributed by atoms with Crippen LogP contribution in [0.3, 0.4) is 0 Å². The molecule has 0 aliphatic carbocycles. The summed E-state index contributed by atoms with van der Waals surface area (Å²) in [4.78, 5) is 20.6. The van der Waals surface area contributed by atoms with Crippen LogP contribution >= 0.6 is 11.6 Å². The van der Waals surface area contributed by atoms with Gasteiger partial charge in [0.15, 0.2) is 0 Å². The quantitative estimate of drug-likeness (QED) is 0.428. The molecule has 1 aromatic carbocycles. The summed E-state index contributed by atoms with van der Waals surface area (Å²) in [6.07, 6.45) is 0.610. The van der Waals surface area contributed by atoms with Gasteiger partial charge in [-0.2, -0.15) is 0 Å². The van der Waals surface area contributed by atoms with Crippen LogP contribution in [-0.4, -0.2) is 22.5 Å². The first-order chi connectivity index (χ1) is 7.95. The van der Waals surface area contributed by atoms with Gasteiger partial charge in [-0.05, 0) is 18.1 Å². The molecule has 1 aromatic rings. The zero-order valence-electron chi connectivity index (χ0n) is 11.1. The SMILES string of the molecule is CCc1cc(NCC(=O)O)c([N+](=O)[O-])cc1Cl.[H-].[Na+]. The van der Waals surface area contributed by atoms with Crippen molar-refractivity contribution in [3.63, 3.8) is 0 Å². The number of aryl methyl sites for hydroxylation is 1. The number of hydrogen-bond acceptors (Lipinski definition) is 4. The van der Waals surface area contributed by atoms with Crippen LogP contribution in [0.5, 0.6) is 0 Å². The number of benzene rings is 1. The van der Waals surface area contributed by atoms with Gasteiger partial charge in [-0.1, -0.05) is 18.5 Å². The first-order valence-electron chi connectivity index (χ1n) is 4.88. The Morgan fingerprint density at radius 2 is 2.22 bits per heavy atom.